The van der Waals surface area contributed by atoms with Gasteiger partial charge >= 0.3 is 11.9 Å². The van der Waals surface area contributed by atoms with Crippen molar-refractivity contribution in [1.82, 2.24) is 0 Å². The molecule has 0 amide bonds. The van der Waals surface area contributed by atoms with Gasteiger partial charge in [-0.1, -0.05) is 26.7 Å². The second kappa shape index (κ2) is 10.3. The molecule has 0 aliphatic heterocycles. The second-order valence-corrected chi connectivity index (χ2v) is 6.44. The summed E-state index contributed by atoms with van der Waals surface area (Å²) >= 11 is 0. The normalized spacial score (nSPS) is 10.5. The molecule has 6 heteroatoms. The van der Waals surface area contributed by atoms with Gasteiger partial charge in [0, 0.05) is 11.1 Å². The summed E-state index contributed by atoms with van der Waals surface area (Å²) < 4.78 is 10.4. The first-order valence-corrected chi connectivity index (χ1v) is 9.48. The first-order valence-electron chi connectivity index (χ1n) is 9.48. The molecule has 2 rings (SSSR count). The van der Waals surface area contributed by atoms with Crippen molar-refractivity contribution in [3.63, 3.8) is 0 Å². The lowest BCUT2D eigenvalue weighted by molar-refractivity contribution is 0.0490. The Morgan fingerprint density at radius 3 is 1.50 bits per heavy atom. The molecule has 0 aliphatic carbocycles. The highest BCUT2D eigenvalue weighted by atomic mass is 16.5. The van der Waals surface area contributed by atoms with E-state index in [4.69, 9.17) is 9.47 Å². The summed E-state index contributed by atoms with van der Waals surface area (Å²) in [5.74, 6) is -1.28. The lowest BCUT2D eigenvalue weighted by Gasteiger charge is -2.11. The van der Waals surface area contributed by atoms with Crippen LogP contribution in [0.3, 0.4) is 0 Å². The molecule has 0 heterocycles. The fourth-order valence-electron chi connectivity index (χ4n) is 2.54. The molecule has 6 nitrogen and oxygen atoms in total. The van der Waals surface area contributed by atoms with E-state index in [0.29, 0.717) is 13.2 Å². The summed E-state index contributed by atoms with van der Waals surface area (Å²) in [5.41, 5.74) is 0.953. The molecule has 0 fully saturated rings. The van der Waals surface area contributed by atoms with Crippen LogP contribution < -0.4 is 0 Å². The Kier molecular flexibility index (Phi) is 7.87. The first kappa shape index (κ1) is 21.3. The van der Waals surface area contributed by atoms with Gasteiger partial charge in [0.1, 0.15) is 11.5 Å². The largest absolute Gasteiger partial charge is 0.507 e. The monoisotopic (exact) mass is 386 g/mol. The van der Waals surface area contributed by atoms with Crippen LogP contribution in [0.5, 0.6) is 11.5 Å². The van der Waals surface area contributed by atoms with Gasteiger partial charge in [0.05, 0.1) is 24.3 Å². The average Bonchev–Trinajstić information content (AvgIpc) is 2.69. The molecule has 0 aliphatic rings. The van der Waals surface area contributed by atoms with Gasteiger partial charge in [-0.25, -0.2) is 9.59 Å². The molecule has 0 saturated carbocycles. The third-order valence-corrected chi connectivity index (χ3v) is 4.22. The van der Waals surface area contributed by atoms with Crippen molar-refractivity contribution in [2.24, 2.45) is 0 Å². The highest BCUT2D eigenvalue weighted by Gasteiger charge is 2.17. The van der Waals surface area contributed by atoms with Gasteiger partial charge in [-0.15, -0.1) is 0 Å². The predicted molar refractivity (Wildman–Crippen MR) is 106 cm³/mol. The molecule has 2 aromatic rings. The Morgan fingerprint density at radius 1 is 0.750 bits per heavy atom. The van der Waals surface area contributed by atoms with E-state index in [-0.39, 0.29) is 33.8 Å². The molecular formula is C22H26O6. The van der Waals surface area contributed by atoms with E-state index in [9.17, 15) is 19.8 Å². The minimum atomic E-state index is -0.510. The molecule has 0 aromatic heterocycles. The molecule has 0 bridgehead atoms. The smallest absolute Gasteiger partial charge is 0.338 e. The van der Waals surface area contributed by atoms with Crippen LogP contribution in [0.2, 0.25) is 0 Å². The number of phenolic OH excluding ortho intramolecular Hbond substituents is 2. The van der Waals surface area contributed by atoms with Gasteiger partial charge in [0.15, 0.2) is 0 Å². The Morgan fingerprint density at radius 2 is 1.14 bits per heavy atom. The summed E-state index contributed by atoms with van der Waals surface area (Å²) in [4.78, 5) is 24.4. The number of aromatic hydroxyl groups is 2. The van der Waals surface area contributed by atoms with E-state index < -0.39 is 11.9 Å². The number of ether oxygens (including phenoxy) is 2. The fraction of sp³-hybridized carbons (Fsp3) is 0.364. The predicted octanol–water partition coefficient (Wildman–Crippen LogP) is 4.68. The molecule has 0 saturated heterocycles. The van der Waals surface area contributed by atoms with Gasteiger partial charge in [-0.2, -0.15) is 0 Å². The number of rotatable bonds is 9. The number of hydrogen-bond donors (Lipinski definition) is 2. The number of carbonyl (C=O) groups excluding carboxylic acids is 2. The molecule has 0 spiro atoms. The van der Waals surface area contributed by atoms with E-state index in [1.807, 2.05) is 13.8 Å². The Bertz CT molecular complexity index is 758. The van der Waals surface area contributed by atoms with Gasteiger partial charge in [0.2, 0.25) is 0 Å². The lowest BCUT2D eigenvalue weighted by Crippen LogP contribution is -2.07. The molecule has 0 radical (unpaired) electrons. The van der Waals surface area contributed by atoms with Crippen molar-refractivity contribution < 1.29 is 29.3 Å². The van der Waals surface area contributed by atoms with E-state index in [1.54, 1.807) is 0 Å². The number of phenols is 2. The van der Waals surface area contributed by atoms with E-state index in [1.165, 1.54) is 36.4 Å². The van der Waals surface area contributed by atoms with Crippen LogP contribution >= 0.6 is 0 Å². The van der Waals surface area contributed by atoms with Crippen LogP contribution in [0.15, 0.2) is 36.4 Å². The Balaban J connectivity index is 2.30. The van der Waals surface area contributed by atoms with Crippen molar-refractivity contribution >= 4 is 11.9 Å². The van der Waals surface area contributed by atoms with Crippen LogP contribution in [0, 0.1) is 0 Å². The zero-order valence-corrected chi connectivity index (χ0v) is 16.2. The highest BCUT2D eigenvalue weighted by molar-refractivity contribution is 5.95. The summed E-state index contributed by atoms with van der Waals surface area (Å²) in [6, 6.07) is 8.49. The van der Waals surface area contributed by atoms with Crippen LogP contribution in [0.4, 0.5) is 0 Å². The Labute approximate surface area is 164 Å². The quantitative estimate of drug-likeness (QED) is 0.480. The minimum absolute atomic E-state index is 0.128. The third-order valence-electron chi connectivity index (χ3n) is 4.22. The fourth-order valence-corrected chi connectivity index (χ4v) is 2.54. The van der Waals surface area contributed by atoms with Crippen molar-refractivity contribution in [3.05, 3.63) is 47.5 Å². The number of hydrogen-bond acceptors (Lipinski definition) is 6. The maximum atomic E-state index is 12.2. The minimum Gasteiger partial charge on any atom is -0.507 e. The van der Waals surface area contributed by atoms with Gasteiger partial charge in [0.25, 0.3) is 0 Å². The number of esters is 2. The topological polar surface area (TPSA) is 93.1 Å². The zero-order valence-electron chi connectivity index (χ0n) is 16.2. The summed E-state index contributed by atoms with van der Waals surface area (Å²) in [6.45, 7) is 4.62. The van der Waals surface area contributed by atoms with Crippen LogP contribution in [0.1, 0.15) is 60.2 Å². The molecular weight excluding hydrogens is 360 g/mol. The van der Waals surface area contributed by atoms with Crippen molar-refractivity contribution in [1.29, 1.82) is 0 Å². The van der Waals surface area contributed by atoms with Gasteiger partial charge in [-0.3, -0.25) is 0 Å². The van der Waals surface area contributed by atoms with Crippen molar-refractivity contribution in [3.8, 4) is 22.6 Å². The van der Waals surface area contributed by atoms with Crippen LogP contribution in [0.25, 0.3) is 11.1 Å². The second-order valence-electron chi connectivity index (χ2n) is 6.44. The molecule has 2 N–H and O–H groups in total. The SMILES string of the molecule is CCCCOC(=O)c1ccc(O)c(-c2cc(C(=O)OCCCC)ccc2O)c1. The van der Waals surface area contributed by atoms with Crippen LogP contribution in [-0.2, 0) is 9.47 Å². The summed E-state index contributed by atoms with van der Waals surface area (Å²) in [7, 11) is 0. The average molecular weight is 386 g/mol. The number of carbonyl (C=O) groups is 2. The maximum absolute atomic E-state index is 12.2. The zero-order chi connectivity index (χ0) is 20.5. The van der Waals surface area contributed by atoms with Crippen LogP contribution in [-0.4, -0.2) is 35.4 Å². The molecule has 28 heavy (non-hydrogen) atoms. The standard InChI is InChI=1S/C22H26O6/c1-3-5-11-27-21(25)15-7-9-19(23)17(13-15)18-14-16(8-10-20(18)24)22(26)28-12-6-4-2/h7-10,13-14,23-24H,3-6,11-12H2,1-2H3. The third kappa shape index (κ3) is 5.49. The lowest BCUT2D eigenvalue weighted by atomic mass is 9.99. The first-order chi connectivity index (χ1) is 13.5. The molecule has 0 atom stereocenters. The number of benzene rings is 2. The van der Waals surface area contributed by atoms with Crippen molar-refractivity contribution in [2.75, 3.05) is 13.2 Å². The van der Waals surface area contributed by atoms with E-state index >= 15 is 0 Å². The van der Waals surface area contributed by atoms with Gasteiger partial charge in [-0.05, 0) is 49.2 Å². The maximum Gasteiger partial charge on any atom is 0.338 e. The molecule has 2 aromatic carbocycles. The molecule has 150 valence electrons. The Hall–Kier alpha value is -3.02. The highest BCUT2D eigenvalue weighted by Crippen LogP contribution is 2.36. The van der Waals surface area contributed by atoms with E-state index in [0.717, 1.165) is 25.7 Å². The summed E-state index contributed by atoms with van der Waals surface area (Å²) in [5, 5.41) is 20.5. The summed E-state index contributed by atoms with van der Waals surface area (Å²) in [6.07, 6.45) is 3.34. The van der Waals surface area contributed by atoms with Gasteiger partial charge < -0.3 is 19.7 Å². The van der Waals surface area contributed by atoms with Crippen molar-refractivity contribution in [2.45, 2.75) is 39.5 Å². The molecule has 0 unspecified atom stereocenters. The van der Waals surface area contributed by atoms with E-state index in [2.05, 4.69) is 0 Å². The number of unbranched alkanes of at least 4 members (excludes halogenated alkanes) is 2.